The van der Waals surface area contributed by atoms with E-state index >= 15 is 0 Å². The highest BCUT2D eigenvalue weighted by Crippen LogP contribution is 2.20. The highest BCUT2D eigenvalue weighted by atomic mass is 19.3. The molecule has 0 unspecified atom stereocenters. The lowest BCUT2D eigenvalue weighted by Crippen LogP contribution is -2.22. The minimum Gasteiger partial charge on any atom is -0.458 e. The Morgan fingerprint density at radius 2 is 1.69 bits per heavy atom. The topological polar surface area (TPSA) is 26.3 Å². The molecular weight excluding hydrogens is 178 g/mol. The van der Waals surface area contributed by atoms with E-state index in [1.807, 2.05) is 0 Å². The largest absolute Gasteiger partial charge is 0.458 e. The fourth-order valence-electron chi connectivity index (χ4n) is 1.58. The smallest absolute Gasteiger partial charge is 0.374 e. The van der Waals surface area contributed by atoms with Crippen molar-refractivity contribution in [3.8, 4) is 0 Å². The second-order valence-corrected chi connectivity index (χ2v) is 3.35. The SMILES string of the molecule is O=C(OC1CCCCCC1)C(F)F. The van der Waals surface area contributed by atoms with Crippen molar-refractivity contribution in [2.24, 2.45) is 0 Å². The van der Waals surface area contributed by atoms with Gasteiger partial charge in [-0.15, -0.1) is 0 Å². The van der Waals surface area contributed by atoms with Gasteiger partial charge in [-0.3, -0.25) is 0 Å². The molecule has 1 aliphatic rings. The first-order chi connectivity index (χ1) is 6.20. The molecule has 0 atom stereocenters. The summed E-state index contributed by atoms with van der Waals surface area (Å²) < 4.78 is 28.3. The summed E-state index contributed by atoms with van der Waals surface area (Å²) in [6.07, 6.45) is 2.39. The Bertz CT molecular complexity index is 163. The third kappa shape index (κ3) is 3.70. The first-order valence-electron chi connectivity index (χ1n) is 4.69. The summed E-state index contributed by atoms with van der Waals surface area (Å²) in [5.41, 5.74) is 0. The molecule has 1 fully saturated rings. The van der Waals surface area contributed by atoms with E-state index in [2.05, 4.69) is 4.74 Å². The summed E-state index contributed by atoms with van der Waals surface area (Å²) in [6, 6.07) is 0. The molecule has 0 aliphatic heterocycles. The van der Waals surface area contributed by atoms with Crippen molar-refractivity contribution in [3.63, 3.8) is 0 Å². The average molecular weight is 192 g/mol. The van der Waals surface area contributed by atoms with Crippen LogP contribution >= 0.6 is 0 Å². The number of alkyl halides is 2. The number of esters is 1. The van der Waals surface area contributed by atoms with E-state index in [-0.39, 0.29) is 6.10 Å². The fraction of sp³-hybridized carbons (Fsp3) is 0.889. The van der Waals surface area contributed by atoms with Crippen LogP contribution in [0.25, 0.3) is 0 Å². The maximum Gasteiger partial charge on any atom is 0.374 e. The van der Waals surface area contributed by atoms with Crippen LogP contribution in [0.5, 0.6) is 0 Å². The first-order valence-corrected chi connectivity index (χ1v) is 4.69. The summed E-state index contributed by atoms with van der Waals surface area (Å²) in [5, 5.41) is 0. The second kappa shape index (κ2) is 5.14. The Hall–Kier alpha value is -0.670. The third-order valence-corrected chi connectivity index (χ3v) is 2.26. The summed E-state index contributed by atoms with van der Waals surface area (Å²) in [7, 11) is 0. The molecule has 0 N–H and O–H groups in total. The summed E-state index contributed by atoms with van der Waals surface area (Å²) >= 11 is 0. The normalized spacial score (nSPS) is 19.9. The Morgan fingerprint density at radius 1 is 1.15 bits per heavy atom. The van der Waals surface area contributed by atoms with Crippen molar-refractivity contribution in [3.05, 3.63) is 0 Å². The number of ether oxygens (including phenoxy) is 1. The predicted octanol–water partition coefficient (Wildman–Crippen LogP) is 2.52. The molecular formula is C9H14F2O2. The molecule has 0 aromatic heterocycles. The van der Waals surface area contributed by atoms with Crippen LogP contribution in [0.15, 0.2) is 0 Å². The van der Waals surface area contributed by atoms with Gasteiger partial charge in [-0.25, -0.2) is 4.79 Å². The Balaban J connectivity index is 2.29. The Kier molecular flexibility index (Phi) is 4.12. The minimum absolute atomic E-state index is 0.274. The molecule has 0 aromatic carbocycles. The van der Waals surface area contributed by atoms with Gasteiger partial charge >= 0.3 is 12.4 Å². The number of rotatable bonds is 2. The number of halogens is 2. The van der Waals surface area contributed by atoms with Crippen molar-refractivity contribution < 1.29 is 18.3 Å². The third-order valence-electron chi connectivity index (χ3n) is 2.26. The molecule has 13 heavy (non-hydrogen) atoms. The first kappa shape index (κ1) is 10.4. The van der Waals surface area contributed by atoms with Gasteiger partial charge in [-0.05, 0) is 25.7 Å². The summed E-state index contributed by atoms with van der Waals surface area (Å²) in [4.78, 5) is 10.6. The van der Waals surface area contributed by atoms with Crippen LogP contribution in [-0.2, 0) is 9.53 Å². The summed E-state index contributed by atoms with van der Waals surface area (Å²) in [6.45, 7) is 0. The Morgan fingerprint density at radius 3 is 2.15 bits per heavy atom. The average Bonchev–Trinajstić information content (AvgIpc) is 2.32. The Labute approximate surface area is 76.3 Å². The molecule has 0 bridgehead atoms. The standard InChI is InChI=1S/C9H14F2O2/c10-8(11)9(12)13-7-5-3-1-2-4-6-7/h7-8H,1-6H2. The highest BCUT2D eigenvalue weighted by molar-refractivity contribution is 5.72. The van der Waals surface area contributed by atoms with Crippen LogP contribution in [0.2, 0.25) is 0 Å². The predicted molar refractivity (Wildman–Crippen MR) is 43.6 cm³/mol. The van der Waals surface area contributed by atoms with Gasteiger partial charge in [-0.1, -0.05) is 12.8 Å². The van der Waals surface area contributed by atoms with Crippen molar-refractivity contribution in [2.75, 3.05) is 0 Å². The molecule has 1 saturated carbocycles. The maximum absolute atomic E-state index is 11.8. The molecule has 0 saturated heterocycles. The molecule has 76 valence electrons. The van der Waals surface area contributed by atoms with E-state index < -0.39 is 12.4 Å². The lowest BCUT2D eigenvalue weighted by Gasteiger charge is -2.14. The number of carbonyl (C=O) groups excluding carboxylic acids is 1. The van der Waals surface area contributed by atoms with Gasteiger partial charge in [0.2, 0.25) is 0 Å². The number of carbonyl (C=O) groups is 1. The lowest BCUT2D eigenvalue weighted by molar-refractivity contribution is -0.162. The van der Waals surface area contributed by atoms with E-state index in [0.29, 0.717) is 0 Å². The monoisotopic (exact) mass is 192 g/mol. The van der Waals surface area contributed by atoms with Crippen LogP contribution in [-0.4, -0.2) is 18.5 Å². The molecule has 1 aliphatic carbocycles. The van der Waals surface area contributed by atoms with Gasteiger partial charge in [0.15, 0.2) is 0 Å². The summed E-state index contributed by atoms with van der Waals surface area (Å²) in [5.74, 6) is -1.37. The van der Waals surface area contributed by atoms with E-state index in [4.69, 9.17) is 0 Å². The zero-order valence-corrected chi connectivity index (χ0v) is 7.47. The number of hydrogen-bond acceptors (Lipinski definition) is 2. The lowest BCUT2D eigenvalue weighted by atomic mass is 10.1. The molecule has 0 aromatic rings. The quantitative estimate of drug-likeness (QED) is 0.496. The maximum atomic E-state index is 11.8. The molecule has 1 rings (SSSR count). The van der Waals surface area contributed by atoms with Crippen molar-refractivity contribution >= 4 is 5.97 Å². The van der Waals surface area contributed by atoms with Crippen molar-refractivity contribution in [1.82, 2.24) is 0 Å². The minimum atomic E-state index is -2.98. The second-order valence-electron chi connectivity index (χ2n) is 3.35. The van der Waals surface area contributed by atoms with Crippen LogP contribution < -0.4 is 0 Å². The molecule has 4 heteroatoms. The van der Waals surface area contributed by atoms with Crippen LogP contribution in [0.3, 0.4) is 0 Å². The van der Waals surface area contributed by atoms with Crippen LogP contribution in [0.4, 0.5) is 8.78 Å². The number of hydrogen-bond donors (Lipinski definition) is 0. The van der Waals surface area contributed by atoms with Gasteiger partial charge in [0.1, 0.15) is 6.10 Å². The highest BCUT2D eigenvalue weighted by Gasteiger charge is 2.22. The van der Waals surface area contributed by atoms with E-state index in [9.17, 15) is 13.6 Å². The molecule has 0 heterocycles. The van der Waals surface area contributed by atoms with Gasteiger partial charge in [0.25, 0.3) is 0 Å². The van der Waals surface area contributed by atoms with Gasteiger partial charge in [0, 0.05) is 0 Å². The molecule has 0 amide bonds. The molecule has 0 spiro atoms. The van der Waals surface area contributed by atoms with Gasteiger partial charge in [0.05, 0.1) is 0 Å². The van der Waals surface area contributed by atoms with E-state index in [1.165, 1.54) is 0 Å². The molecule has 2 nitrogen and oxygen atoms in total. The van der Waals surface area contributed by atoms with Crippen molar-refractivity contribution in [1.29, 1.82) is 0 Å². The van der Waals surface area contributed by atoms with Crippen LogP contribution in [0, 0.1) is 0 Å². The fourth-order valence-corrected chi connectivity index (χ4v) is 1.58. The zero-order valence-electron chi connectivity index (χ0n) is 7.47. The van der Waals surface area contributed by atoms with E-state index in [0.717, 1.165) is 38.5 Å². The van der Waals surface area contributed by atoms with E-state index in [1.54, 1.807) is 0 Å². The molecule has 0 radical (unpaired) electrons. The zero-order chi connectivity index (χ0) is 9.68. The van der Waals surface area contributed by atoms with Crippen LogP contribution in [0.1, 0.15) is 38.5 Å². The van der Waals surface area contributed by atoms with Gasteiger partial charge in [-0.2, -0.15) is 8.78 Å². The van der Waals surface area contributed by atoms with Crippen molar-refractivity contribution in [2.45, 2.75) is 51.1 Å². The van der Waals surface area contributed by atoms with Gasteiger partial charge < -0.3 is 4.74 Å².